The molecule has 1 aromatic rings. The van der Waals surface area contributed by atoms with Gasteiger partial charge >= 0.3 is 0 Å². The van der Waals surface area contributed by atoms with Gasteiger partial charge < -0.3 is 35.2 Å². The Bertz CT molecular complexity index is 1160. The quantitative estimate of drug-likeness (QED) is 0.194. The molecule has 0 radical (unpaired) electrons. The van der Waals surface area contributed by atoms with E-state index < -0.39 is 36.3 Å². The zero-order valence-corrected chi connectivity index (χ0v) is 31.2. The third kappa shape index (κ3) is 10.7. The molecule has 11 nitrogen and oxygen atoms in total. The molecule has 1 aliphatic heterocycles. The van der Waals surface area contributed by atoms with Gasteiger partial charge in [-0.2, -0.15) is 0 Å². The molecule has 2 rings (SSSR count). The highest BCUT2D eigenvalue weighted by atomic mass is 16.5. The van der Waals surface area contributed by atoms with Crippen LogP contribution in [0.2, 0.25) is 0 Å². The Morgan fingerprint density at radius 3 is 2.04 bits per heavy atom. The van der Waals surface area contributed by atoms with Crippen molar-refractivity contribution in [2.24, 2.45) is 23.7 Å². The van der Waals surface area contributed by atoms with E-state index in [1.54, 1.807) is 38.1 Å². The molecular weight excluding hydrogens is 610 g/mol. The molecule has 3 N–H and O–H groups in total. The molecule has 0 aliphatic carbocycles. The largest absolute Gasteiger partial charge is 0.379 e. The molecule has 0 spiro atoms. The average Bonchev–Trinajstić information content (AvgIpc) is 3.04. The first-order valence-corrected chi connectivity index (χ1v) is 17.6. The van der Waals surface area contributed by atoms with Crippen molar-refractivity contribution in [3.63, 3.8) is 0 Å². The summed E-state index contributed by atoms with van der Waals surface area (Å²) in [6, 6.07) is 8.18. The molecule has 48 heavy (non-hydrogen) atoms. The Balaban J connectivity index is 2.15. The van der Waals surface area contributed by atoms with Crippen LogP contribution in [-0.2, 0) is 35.1 Å². The number of hydrogen-bond acceptors (Lipinski definition) is 7. The number of hydrogen-bond donors (Lipinski definition) is 3. The van der Waals surface area contributed by atoms with E-state index in [0.717, 1.165) is 24.8 Å². The fraction of sp³-hybridized carbons (Fsp3) is 0.730. The molecule has 1 aromatic carbocycles. The number of carbonyl (C=O) groups excluding carboxylic acids is 4. The zero-order chi connectivity index (χ0) is 36.1. The Labute approximate surface area is 289 Å². The van der Waals surface area contributed by atoms with Crippen molar-refractivity contribution in [3.05, 3.63) is 35.9 Å². The molecule has 4 amide bonds. The van der Waals surface area contributed by atoms with Gasteiger partial charge in [0.05, 0.1) is 42.7 Å². The molecule has 1 aliphatic rings. The monoisotopic (exact) mass is 673 g/mol. The smallest absolute Gasteiger partial charge is 0.245 e. The van der Waals surface area contributed by atoms with Crippen LogP contribution in [0.1, 0.15) is 73.3 Å². The Morgan fingerprint density at radius 2 is 1.56 bits per heavy atom. The number of nitrogens with zero attached hydrogens (tertiary/aromatic N) is 2. The van der Waals surface area contributed by atoms with Gasteiger partial charge in [0.2, 0.25) is 23.6 Å². The van der Waals surface area contributed by atoms with Crippen molar-refractivity contribution >= 4 is 23.6 Å². The maximum absolute atomic E-state index is 14.0. The van der Waals surface area contributed by atoms with Crippen molar-refractivity contribution in [2.45, 2.75) is 111 Å². The van der Waals surface area contributed by atoms with Crippen molar-refractivity contribution in [3.8, 4) is 0 Å². The third-order valence-corrected chi connectivity index (χ3v) is 10.1. The minimum absolute atomic E-state index is 0.0134. The van der Waals surface area contributed by atoms with E-state index >= 15 is 0 Å². The van der Waals surface area contributed by atoms with Crippen LogP contribution in [-0.4, -0.2) is 111 Å². The minimum atomic E-state index is -0.737. The lowest BCUT2D eigenvalue weighted by molar-refractivity contribution is -0.156. The Morgan fingerprint density at radius 1 is 0.938 bits per heavy atom. The van der Waals surface area contributed by atoms with Crippen LogP contribution >= 0.6 is 0 Å². The number of ether oxygens (including phenoxy) is 2. The van der Waals surface area contributed by atoms with Gasteiger partial charge in [-0.15, -0.1) is 0 Å². The number of carbonyl (C=O) groups is 4. The summed E-state index contributed by atoms with van der Waals surface area (Å²) >= 11 is 0. The number of nitrogens with one attached hydrogen (secondary N) is 3. The second-order valence-electron chi connectivity index (χ2n) is 14.0. The molecule has 1 heterocycles. The first-order chi connectivity index (χ1) is 22.7. The van der Waals surface area contributed by atoms with Crippen LogP contribution in [0.3, 0.4) is 0 Å². The molecule has 0 bridgehead atoms. The second kappa shape index (κ2) is 19.8. The fourth-order valence-electron chi connectivity index (χ4n) is 6.80. The van der Waals surface area contributed by atoms with E-state index in [2.05, 4.69) is 22.9 Å². The molecule has 1 saturated heterocycles. The van der Waals surface area contributed by atoms with Crippen molar-refractivity contribution < 1.29 is 28.7 Å². The fourth-order valence-corrected chi connectivity index (χ4v) is 6.80. The molecular formula is C37H63N5O6. The molecule has 1 unspecified atom stereocenters. The van der Waals surface area contributed by atoms with Crippen LogP contribution in [0, 0.1) is 23.7 Å². The zero-order valence-electron chi connectivity index (χ0n) is 31.2. The molecule has 8 atom stereocenters. The Kier molecular flexibility index (Phi) is 17.0. The van der Waals surface area contributed by atoms with Crippen molar-refractivity contribution in [1.82, 2.24) is 25.8 Å². The van der Waals surface area contributed by atoms with Crippen LogP contribution in [0.15, 0.2) is 30.3 Å². The minimum Gasteiger partial charge on any atom is -0.379 e. The maximum Gasteiger partial charge on any atom is 0.245 e. The summed E-state index contributed by atoms with van der Waals surface area (Å²) in [6.45, 7) is 14.8. The number of likely N-dealkylation sites (N-methyl/N-ethyl adjacent to an activating group) is 2. The SMILES string of the molecule is CCC(C)[C@@H]([C@@H](CC(=O)N1CC[C@H]1[C@H](OC)[C@@H](C)C(=O)NCCc1ccccc1)OC)N(C)C(=O)[C@@H](NC(=O)[C@@H](NC)C(C)C)C(C)C. The van der Waals surface area contributed by atoms with Gasteiger partial charge in [0, 0.05) is 34.4 Å². The summed E-state index contributed by atoms with van der Waals surface area (Å²) in [6.07, 6.45) is 1.26. The van der Waals surface area contributed by atoms with Crippen LogP contribution in [0.4, 0.5) is 0 Å². The first-order valence-electron chi connectivity index (χ1n) is 17.6. The van der Waals surface area contributed by atoms with Crippen LogP contribution in [0.25, 0.3) is 0 Å². The highest BCUT2D eigenvalue weighted by Crippen LogP contribution is 2.30. The first kappa shape index (κ1) is 41.2. The lowest BCUT2D eigenvalue weighted by Crippen LogP contribution is -2.62. The van der Waals surface area contributed by atoms with Crippen molar-refractivity contribution in [2.75, 3.05) is 41.4 Å². The maximum atomic E-state index is 14.0. The van der Waals surface area contributed by atoms with Gasteiger partial charge in [0.1, 0.15) is 6.04 Å². The molecule has 0 saturated carbocycles. The molecule has 0 aromatic heterocycles. The number of likely N-dealkylation sites (tertiary alicyclic amines) is 1. The van der Waals surface area contributed by atoms with E-state index in [4.69, 9.17) is 9.47 Å². The highest BCUT2D eigenvalue weighted by molar-refractivity contribution is 5.90. The second-order valence-corrected chi connectivity index (χ2v) is 14.0. The van der Waals surface area contributed by atoms with Crippen LogP contribution < -0.4 is 16.0 Å². The van der Waals surface area contributed by atoms with E-state index in [1.165, 1.54) is 0 Å². The summed E-state index contributed by atoms with van der Waals surface area (Å²) in [5.41, 5.74) is 1.15. The number of benzene rings is 1. The predicted molar refractivity (Wildman–Crippen MR) is 189 cm³/mol. The molecule has 272 valence electrons. The lowest BCUT2D eigenvalue weighted by Gasteiger charge is -2.47. The van der Waals surface area contributed by atoms with Gasteiger partial charge in [-0.05, 0) is 43.2 Å². The summed E-state index contributed by atoms with van der Waals surface area (Å²) in [4.78, 5) is 57.5. The summed E-state index contributed by atoms with van der Waals surface area (Å²) in [5, 5.41) is 9.06. The predicted octanol–water partition coefficient (Wildman–Crippen LogP) is 3.26. The highest BCUT2D eigenvalue weighted by Gasteiger charge is 2.44. The summed E-state index contributed by atoms with van der Waals surface area (Å²) < 4.78 is 11.8. The van der Waals surface area contributed by atoms with Gasteiger partial charge in [0.25, 0.3) is 0 Å². The summed E-state index contributed by atoms with van der Waals surface area (Å²) in [5.74, 6) is -1.19. The summed E-state index contributed by atoms with van der Waals surface area (Å²) in [7, 11) is 6.63. The molecule has 11 heteroatoms. The standard InChI is InChI=1S/C37H63N5O6/c1-12-25(6)33(41(9)37(46)32(24(4)5)40-36(45)31(38-8)23(2)3)29(47-10)22-30(43)42-21-19-28(42)34(48-11)26(7)35(44)39-20-18-27-16-14-13-15-17-27/h13-17,23-26,28-29,31-34,38H,12,18-22H2,1-11H3,(H,39,44)(H,40,45)/t25?,26-,28+,29-,31+,32+,33+,34-/m1/s1. The van der Waals surface area contributed by atoms with Gasteiger partial charge in [0.15, 0.2) is 0 Å². The Hall–Kier alpha value is -3.02. The number of rotatable bonds is 20. The van der Waals surface area contributed by atoms with Crippen molar-refractivity contribution in [1.29, 1.82) is 0 Å². The number of amides is 4. The number of methoxy groups -OCH3 is 2. The van der Waals surface area contributed by atoms with Crippen LogP contribution in [0.5, 0.6) is 0 Å². The molecule has 1 fully saturated rings. The normalized spacial score (nSPS) is 19.0. The van der Waals surface area contributed by atoms with E-state index in [1.807, 2.05) is 71.9 Å². The average molecular weight is 674 g/mol. The lowest BCUT2D eigenvalue weighted by atomic mass is 9.86. The topological polar surface area (TPSA) is 129 Å². The van der Waals surface area contributed by atoms with E-state index in [-0.39, 0.29) is 53.8 Å². The van der Waals surface area contributed by atoms with E-state index in [9.17, 15) is 19.2 Å². The third-order valence-electron chi connectivity index (χ3n) is 10.1. The van der Waals surface area contributed by atoms with Gasteiger partial charge in [-0.25, -0.2) is 0 Å². The van der Waals surface area contributed by atoms with Gasteiger partial charge in [-0.3, -0.25) is 19.2 Å². The van der Waals surface area contributed by atoms with Gasteiger partial charge in [-0.1, -0.05) is 85.2 Å². The van der Waals surface area contributed by atoms with E-state index in [0.29, 0.717) is 13.1 Å².